The zero-order chi connectivity index (χ0) is 14.0. The molecule has 0 aliphatic rings. The van der Waals surface area contributed by atoms with Gasteiger partial charge in [0.2, 0.25) is 0 Å². The van der Waals surface area contributed by atoms with Crippen LogP contribution < -0.4 is 5.32 Å². The molecule has 3 N–H and O–H groups in total. The number of rotatable bonds is 3. The minimum Gasteiger partial charge on any atom is -0.508 e. The SMILES string of the molecule is Cc1ccc(O)c(CNc2cc(C)c(O)cc2C)n1. The van der Waals surface area contributed by atoms with Gasteiger partial charge in [-0.3, -0.25) is 4.98 Å². The second-order valence-corrected chi connectivity index (χ2v) is 4.73. The van der Waals surface area contributed by atoms with Gasteiger partial charge in [-0.1, -0.05) is 0 Å². The third kappa shape index (κ3) is 2.96. The summed E-state index contributed by atoms with van der Waals surface area (Å²) >= 11 is 0. The molecule has 100 valence electrons. The molecule has 1 aromatic carbocycles. The molecule has 0 aliphatic carbocycles. The Morgan fingerprint density at radius 1 is 1.00 bits per heavy atom. The van der Waals surface area contributed by atoms with Crippen LogP contribution in [-0.2, 0) is 6.54 Å². The van der Waals surface area contributed by atoms with Crippen molar-refractivity contribution in [3.63, 3.8) is 0 Å². The van der Waals surface area contributed by atoms with E-state index in [9.17, 15) is 10.2 Å². The molecule has 0 amide bonds. The van der Waals surface area contributed by atoms with Gasteiger partial charge in [0.05, 0.1) is 6.54 Å². The Labute approximate surface area is 112 Å². The number of hydrogen-bond acceptors (Lipinski definition) is 4. The molecule has 0 saturated carbocycles. The van der Waals surface area contributed by atoms with Crippen molar-refractivity contribution in [1.82, 2.24) is 4.98 Å². The van der Waals surface area contributed by atoms with Crippen LogP contribution >= 0.6 is 0 Å². The number of aryl methyl sites for hydroxylation is 3. The molecule has 0 atom stereocenters. The highest BCUT2D eigenvalue weighted by atomic mass is 16.3. The number of nitrogens with zero attached hydrogens (tertiary/aromatic N) is 1. The van der Waals surface area contributed by atoms with Gasteiger partial charge in [-0.2, -0.15) is 0 Å². The number of phenols is 1. The predicted octanol–water partition coefficient (Wildman–Crippen LogP) is 3.03. The molecular weight excluding hydrogens is 240 g/mol. The zero-order valence-electron chi connectivity index (χ0n) is 11.4. The smallest absolute Gasteiger partial charge is 0.138 e. The minimum absolute atomic E-state index is 0.186. The van der Waals surface area contributed by atoms with Crippen LogP contribution in [0.1, 0.15) is 22.5 Å². The maximum atomic E-state index is 9.74. The Kier molecular flexibility index (Phi) is 3.60. The standard InChI is InChI=1S/C15H18N2O2/c1-9-7-15(19)10(2)6-12(9)16-8-13-14(18)5-4-11(3)17-13/h4-7,16,18-19H,8H2,1-3H3. The van der Waals surface area contributed by atoms with Crippen molar-refractivity contribution >= 4 is 5.69 Å². The van der Waals surface area contributed by atoms with Crippen LogP contribution in [0.3, 0.4) is 0 Å². The van der Waals surface area contributed by atoms with Crippen LogP contribution in [0.15, 0.2) is 24.3 Å². The largest absolute Gasteiger partial charge is 0.508 e. The number of aromatic nitrogens is 1. The highest BCUT2D eigenvalue weighted by Gasteiger charge is 2.06. The molecule has 19 heavy (non-hydrogen) atoms. The Morgan fingerprint density at radius 2 is 1.74 bits per heavy atom. The molecule has 0 unspecified atom stereocenters. The molecule has 1 aromatic heterocycles. The van der Waals surface area contributed by atoms with Crippen LogP contribution in [-0.4, -0.2) is 15.2 Å². The number of phenolic OH excluding ortho intramolecular Hbond substituents is 1. The third-order valence-corrected chi connectivity index (χ3v) is 3.08. The van der Waals surface area contributed by atoms with Gasteiger partial charge < -0.3 is 15.5 Å². The lowest BCUT2D eigenvalue weighted by Gasteiger charge is -2.12. The average molecular weight is 258 g/mol. The van der Waals surface area contributed by atoms with Gasteiger partial charge in [0.1, 0.15) is 17.2 Å². The highest BCUT2D eigenvalue weighted by molar-refractivity contribution is 5.56. The number of hydrogen-bond donors (Lipinski definition) is 3. The maximum absolute atomic E-state index is 9.74. The molecule has 1 heterocycles. The van der Waals surface area contributed by atoms with Crippen molar-refractivity contribution in [2.75, 3.05) is 5.32 Å². The molecule has 0 saturated heterocycles. The first-order valence-electron chi connectivity index (χ1n) is 6.17. The molecular formula is C15H18N2O2. The van der Waals surface area contributed by atoms with E-state index < -0.39 is 0 Å². The average Bonchev–Trinajstić information content (AvgIpc) is 2.36. The summed E-state index contributed by atoms with van der Waals surface area (Å²) in [6.07, 6.45) is 0. The van der Waals surface area contributed by atoms with E-state index in [0.717, 1.165) is 22.5 Å². The summed E-state index contributed by atoms with van der Waals surface area (Å²) in [5, 5.41) is 22.6. The van der Waals surface area contributed by atoms with Gasteiger partial charge in [0, 0.05) is 11.4 Å². The van der Waals surface area contributed by atoms with Crippen molar-refractivity contribution in [2.45, 2.75) is 27.3 Å². The van der Waals surface area contributed by atoms with Gasteiger partial charge in [-0.15, -0.1) is 0 Å². The Morgan fingerprint density at radius 3 is 2.47 bits per heavy atom. The van der Waals surface area contributed by atoms with E-state index in [4.69, 9.17) is 0 Å². The van der Waals surface area contributed by atoms with Crippen LogP contribution in [0.5, 0.6) is 11.5 Å². The maximum Gasteiger partial charge on any atom is 0.138 e. The van der Waals surface area contributed by atoms with E-state index in [1.165, 1.54) is 0 Å². The van der Waals surface area contributed by atoms with Crippen molar-refractivity contribution in [3.8, 4) is 11.5 Å². The summed E-state index contributed by atoms with van der Waals surface area (Å²) in [5.74, 6) is 0.478. The van der Waals surface area contributed by atoms with Crippen molar-refractivity contribution < 1.29 is 10.2 Å². The van der Waals surface area contributed by atoms with E-state index in [1.807, 2.05) is 26.8 Å². The number of aromatic hydroxyl groups is 2. The lowest BCUT2D eigenvalue weighted by atomic mass is 10.1. The fraction of sp³-hybridized carbons (Fsp3) is 0.267. The van der Waals surface area contributed by atoms with Gasteiger partial charge >= 0.3 is 0 Å². The molecule has 0 fully saturated rings. The molecule has 4 nitrogen and oxygen atoms in total. The third-order valence-electron chi connectivity index (χ3n) is 3.08. The normalized spacial score (nSPS) is 10.5. The van der Waals surface area contributed by atoms with Gasteiger partial charge in [0.25, 0.3) is 0 Å². The van der Waals surface area contributed by atoms with Crippen LogP contribution in [0.25, 0.3) is 0 Å². The topological polar surface area (TPSA) is 65.4 Å². The van der Waals surface area contributed by atoms with Crippen LogP contribution in [0, 0.1) is 20.8 Å². The van der Waals surface area contributed by atoms with Crippen LogP contribution in [0.4, 0.5) is 5.69 Å². The molecule has 0 aliphatic heterocycles. The number of benzene rings is 1. The van der Waals surface area contributed by atoms with Crippen LogP contribution in [0.2, 0.25) is 0 Å². The molecule has 0 spiro atoms. The molecule has 0 bridgehead atoms. The Bertz CT molecular complexity index is 609. The molecule has 2 aromatic rings. The van der Waals surface area contributed by atoms with Crippen molar-refractivity contribution in [2.24, 2.45) is 0 Å². The quantitative estimate of drug-likeness (QED) is 0.740. The van der Waals surface area contributed by atoms with Gasteiger partial charge in [0.15, 0.2) is 0 Å². The zero-order valence-corrected chi connectivity index (χ0v) is 11.4. The van der Waals surface area contributed by atoms with E-state index in [0.29, 0.717) is 18.0 Å². The monoisotopic (exact) mass is 258 g/mol. The summed E-state index contributed by atoms with van der Waals surface area (Å²) in [6, 6.07) is 7.03. The van der Waals surface area contributed by atoms with Gasteiger partial charge in [-0.25, -0.2) is 0 Å². The first-order valence-corrected chi connectivity index (χ1v) is 6.17. The molecule has 2 rings (SSSR count). The number of pyridine rings is 1. The van der Waals surface area contributed by atoms with E-state index in [2.05, 4.69) is 10.3 Å². The number of nitrogens with one attached hydrogen (secondary N) is 1. The fourth-order valence-corrected chi connectivity index (χ4v) is 1.90. The second-order valence-electron chi connectivity index (χ2n) is 4.73. The Hall–Kier alpha value is -2.23. The lowest BCUT2D eigenvalue weighted by molar-refractivity contribution is 0.464. The summed E-state index contributed by atoms with van der Waals surface area (Å²) in [7, 11) is 0. The molecule has 4 heteroatoms. The first-order chi connectivity index (χ1) is 8.97. The second kappa shape index (κ2) is 5.18. The van der Waals surface area contributed by atoms with E-state index >= 15 is 0 Å². The van der Waals surface area contributed by atoms with Gasteiger partial charge in [-0.05, 0) is 56.2 Å². The molecule has 0 radical (unpaired) electrons. The summed E-state index contributed by atoms with van der Waals surface area (Å²) in [4.78, 5) is 4.30. The first kappa shape index (κ1) is 13.2. The van der Waals surface area contributed by atoms with E-state index in [1.54, 1.807) is 18.2 Å². The minimum atomic E-state index is 0.186. The van der Waals surface area contributed by atoms with E-state index in [-0.39, 0.29) is 5.75 Å². The summed E-state index contributed by atoms with van der Waals surface area (Å²) in [5.41, 5.74) is 4.18. The summed E-state index contributed by atoms with van der Waals surface area (Å²) in [6.45, 7) is 6.10. The number of anilines is 1. The summed E-state index contributed by atoms with van der Waals surface area (Å²) < 4.78 is 0. The lowest BCUT2D eigenvalue weighted by Crippen LogP contribution is -2.04. The predicted molar refractivity (Wildman–Crippen MR) is 75.5 cm³/mol. The Balaban J connectivity index is 2.19. The van der Waals surface area contributed by atoms with Crippen molar-refractivity contribution in [1.29, 1.82) is 0 Å². The van der Waals surface area contributed by atoms with Crippen molar-refractivity contribution in [3.05, 3.63) is 46.8 Å². The fourth-order valence-electron chi connectivity index (χ4n) is 1.90. The highest BCUT2D eigenvalue weighted by Crippen LogP contribution is 2.26.